The van der Waals surface area contributed by atoms with E-state index in [9.17, 15) is 75.7 Å². The highest BCUT2D eigenvalue weighted by atomic mass is 16.8. The Morgan fingerprint density at radius 2 is 1.38 bits per heavy atom. The number of ether oxygens (including phenoxy) is 9. The molecule has 0 aromatic carbocycles. The number of nitrogens with one attached hydrogen (secondary N) is 1. The number of likely N-dealkylation sites (N-methyl/N-ethyl adjacent to an activating group) is 1. The van der Waals surface area contributed by atoms with Gasteiger partial charge in [-0.05, 0) is 105 Å². The number of fused-ring (bicyclic) bond motifs is 7. The Kier molecular flexibility index (Phi) is 22.5. The molecule has 0 aromatic rings. The number of hydrogen-bond acceptors (Lipinski definition) is 28. The molecule has 9 aliphatic rings. The van der Waals surface area contributed by atoms with Crippen molar-refractivity contribution in [3.05, 3.63) is 11.6 Å². The Balaban J connectivity index is 0.000000721. The zero-order chi connectivity index (χ0) is 66.9. The van der Waals surface area contributed by atoms with Crippen molar-refractivity contribution >= 4 is 17.9 Å². The molecule has 29 heteroatoms. The molecule has 0 radical (unpaired) electrons. The van der Waals surface area contributed by atoms with Crippen LogP contribution < -0.4 is 5.32 Å². The van der Waals surface area contributed by atoms with Crippen molar-refractivity contribution < 1.29 is 139 Å². The lowest BCUT2D eigenvalue weighted by Crippen LogP contribution is -2.69. The zero-order valence-corrected chi connectivity index (χ0v) is 52.9. The van der Waals surface area contributed by atoms with E-state index in [0.29, 0.717) is 44.9 Å². The van der Waals surface area contributed by atoms with Crippen molar-refractivity contribution in [1.82, 2.24) is 5.32 Å². The molecule has 29 nitrogen and oxygen atoms in total. The lowest BCUT2D eigenvalue weighted by atomic mass is 9.33. The van der Waals surface area contributed by atoms with Gasteiger partial charge in [-0.25, -0.2) is 4.79 Å². The molecule has 8 fully saturated rings. The predicted octanol–water partition coefficient (Wildman–Crippen LogP) is -3.94. The summed E-state index contributed by atoms with van der Waals surface area (Å²) < 4.78 is 54.3. The normalized spacial score (nSPS) is 47.2. The largest absolute Gasteiger partial charge is 0.479 e. The van der Waals surface area contributed by atoms with Gasteiger partial charge in [0.15, 0.2) is 25.0 Å². The summed E-state index contributed by atoms with van der Waals surface area (Å²) in [7, 11) is 1.57. The van der Waals surface area contributed by atoms with E-state index < -0.39 is 212 Å². The maximum Gasteiger partial charge on any atom is 0.335 e. The molecule has 4 aliphatic heterocycles. The first-order valence-corrected chi connectivity index (χ1v) is 31.5. The number of aliphatic hydroxyl groups is 15. The van der Waals surface area contributed by atoms with Crippen LogP contribution in [0, 0.1) is 56.2 Å². The Morgan fingerprint density at radius 3 is 1.99 bits per heavy atom. The van der Waals surface area contributed by atoms with Crippen LogP contribution in [0.25, 0.3) is 0 Å². The zero-order valence-electron chi connectivity index (χ0n) is 52.9. The number of allylic oxidation sites excluding steroid dienone is 2. The molecule has 9 rings (SSSR count). The molecule has 90 heavy (non-hydrogen) atoms. The molecule has 0 amide bonds. The fourth-order valence-corrected chi connectivity index (χ4v) is 17.4. The number of carbonyl (C=O) groups is 3. The van der Waals surface area contributed by atoms with E-state index in [1.54, 1.807) is 20.9 Å². The first-order valence-electron chi connectivity index (χ1n) is 31.5. The summed E-state index contributed by atoms with van der Waals surface area (Å²) in [5, 5.41) is 168. The molecule has 4 saturated carbocycles. The van der Waals surface area contributed by atoms with E-state index in [1.807, 2.05) is 6.92 Å². The second-order valence-electron chi connectivity index (χ2n) is 28.6. The van der Waals surface area contributed by atoms with Crippen LogP contribution in [0.5, 0.6) is 0 Å². The Morgan fingerprint density at radius 1 is 0.733 bits per heavy atom. The van der Waals surface area contributed by atoms with Crippen LogP contribution in [0.3, 0.4) is 0 Å². The van der Waals surface area contributed by atoms with E-state index in [0.717, 1.165) is 0 Å². The number of hydrogen-bond donors (Lipinski definition) is 17. The van der Waals surface area contributed by atoms with Crippen LogP contribution in [0.1, 0.15) is 107 Å². The third-order valence-corrected chi connectivity index (χ3v) is 23.0. The predicted molar refractivity (Wildman–Crippen MR) is 306 cm³/mol. The fourth-order valence-electron chi connectivity index (χ4n) is 17.4. The average Bonchev–Trinajstić information content (AvgIpc) is 1.24. The number of aliphatic carboxylic acids is 1. The maximum atomic E-state index is 13.6. The summed E-state index contributed by atoms with van der Waals surface area (Å²) in [6, 6.07) is 0. The molecule has 2 bridgehead atoms. The van der Waals surface area contributed by atoms with Gasteiger partial charge in [0.1, 0.15) is 92.1 Å². The number of carboxylic acids is 1. The maximum absolute atomic E-state index is 13.6. The van der Waals surface area contributed by atoms with Crippen LogP contribution in [0.4, 0.5) is 0 Å². The van der Waals surface area contributed by atoms with Crippen LogP contribution >= 0.6 is 0 Å². The van der Waals surface area contributed by atoms with E-state index in [4.69, 9.17) is 63.1 Å². The molecule has 0 aromatic heterocycles. The minimum absolute atomic E-state index is 0.0482. The molecule has 0 spiro atoms. The van der Waals surface area contributed by atoms with Gasteiger partial charge >= 0.3 is 17.9 Å². The van der Waals surface area contributed by atoms with Crippen molar-refractivity contribution in [2.75, 3.05) is 46.6 Å². The van der Waals surface area contributed by atoms with Gasteiger partial charge in [-0.2, -0.15) is 0 Å². The highest BCUT2D eigenvalue weighted by molar-refractivity contribution is 5.74. The van der Waals surface area contributed by atoms with E-state index in [1.165, 1.54) is 12.5 Å². The van der Waals surface area contributed by atoms with Gasteiger partial charge < -0.3 is 130 Å². The van der Waals surface area contributed by atoms with Gasteiger partial charge in [0.25, 0.3) is 0 Å². The topological polar surface area (TPSA) is 470 Å². The first-order chi connectivity index (χ1) is 42.0. The third-order valence-electron chi connectivity index (χ3n) is 23.0. The van der Waals surface area contributed by atoms with Crippen molar-refractivity contribution in [1.29, 1.82) is 0 Å². The molecule has 32 atom stereocenters. The van der Waals surface area contributed by atoms with Gasteiger partial charge in [0, 0.05) is 18.9 Å². The molecular weight excluding hydrogens is 1190 g/mol. The SMILES string of the molecule is CC(=O)OC(C)C(C)C(=O)OC[C@]12C3CC(C)(C)[C@@H](O[C@H]1C[C@]1(C)C3=CCC3[C@@]4(C)CC[C@H](O[C@@H]5O[C@H](C(=O)O)C(O[C@H]6O[C@H](CO)[C@@H](O)[C@H](O)[C@H]6O)[C@H](O)[C@H]5O[C@H]5OC[C@H](O)[C@@H](O)[C@@H]5O)[C@](C)(CO)C4CC[C@]31C)[C@H]2O.CNC[C@H](O)[C@@H](O)[C@H](O)[C@H](O)CO. The first kappa shape index (κ1) is 73.0. The molecular formula is C61H101NO28. The van der Waals surface area contributed by atoms with Crippen LogP contribution in [-0.2, 0) is 57.0 Å². The number of esters is 2. The monoisotopic (exact) mass is 1300 g/mol. The van der Waals surface area contributed by atoms with Gasteiger partial charge in [0.2, 0.25) is 0 Å². The number of rotatable bonds is 20. The molecule has 4 heterocycles. The summed E-state index contributed by atoms with van der Waals surface area (Å²) >= 11 is 0. The molecule has 518 valence electrons. The summed E-state index contributed by atoms with van der Waals surface area (Å²) in [5.74, 6) is -3.82. The quantitative estimate of drug-likeness (QED) is 0.0314. The van der Waals surface area contributed by atoms with E-state index >= 15 is 0 Å². The minimum Gasteiger partial charge on any atom is -0.479 e. The highest BCUT2D eigenvalue weighted by Gasteiger charge is 2.76. The average molecular weight is 1300 g/mol. The van der Waals surface area contributed by atoms with Gasteiger partial charge in [-0.3, -0.25) is 9.59 Å². The summed E-state index contributed by atoms with van der Waals surface area (Å²) in [6.45, 7) is 15.3. The summed E-state index contributed by atoms with van der Waals surface area (Å²) in [6.07, 6.45) is -28.5. The Hall–Kier alpha value is -2.77. The van der Waals surface area contributed by atoms with Gasteiger partial charge in [-0.15, -0.1) is 0 Å². The van der Waals surface area contributed by atoms with Crippen molar-refractivity contribution in [3.8, 4) is 0 Å². The molecule has 5 aliphatic carbocycles. The van der Waals surface area contributed by atoms with Crippen molar-refractivity contribution in [2.24, 2.45) is 56.2 Å². The van der Waals surface area contributed by atoms with Crippen LogP contribution in [0.2, 0.25) is 0 Å². The second-order valence-corrected chi connectivity index (χ2v) is 28.6. The van der Waals surface area contributed by atoms with Crippen molar-refractivity contribution in [3.63, 3.8) is 0 Å². The number of aliphatic hydroxyl groups excluding tert-OH is 15. The Bertz CT molecular complexity index is 2510. The van der Waals surface area contributed by atoms with E-state index in [2.05, 4.69) is 46.0 Å². The third kappa shape index (κ3) is 12.7. The minimum atomic E-state index is -2.09. The van der Waals surface area contributed by atoms with Gasteiger partial charge in [0.05, 0.1) is 68.3 Å². The smallest absolute Gasteiger partial charge is 0.335 e. The summed E-state index contributed by atoms with van der Waals surface area (Å²) in [5.41, 5.74) is -2.40. The fraction of sp³-hybridized carbons (Fsp3) is 0.918. The van der Waals surface area contributed by atoms with Crippen molar-refractivity contribution in [2.45, 2.75) is 248 Å². The second kappa shape index (κ2) is 27.8. The number of carboxylic acid groups (broad SMARTS) is 1. The lowest BCUT2D eigenvalue weighted by Gasteiger charge is -2.71. The number of carbonyl (C=O) groups excluding carboxylic acids is 2. The molecule has 4 saturated heterocycles. The van der Waals surface area contributed by atoms with Gasteiger partial charge in [-0.1, -0.05) is 53.2 Å². The summed E-state index contributed by atoms with van der Waals surface area (Å²) in [4.78, 5) is 38.4. The standard InChI is InChI=1S/C54H84O23.C7H17NO5/c1-22(23(2)71-24(3)57)45(68)70-21-54-26-16-49(4,5)43(42(54)65)73-32(54)17-53(9)25(26)10-11-30-50(6)14-13-31(51(7,20-56)29(50)12-15-52(30,53)8)74-48-40(76-46-36(62)33(59)27(58)19-69-46)38(64)39(41(77-48)44(66)67)75-47-37(63)35(61)34(60)28(18-55)72-47;1-8-2-4(10)6(12)7(13)5(11)3-9/h10,22-23,26-43,46-48,55-56,58-65H,11-21H2,1-9H3,(H,66,67);4-13H,2-3H2,1H3/t22?,23?,26?,27-,28+,29?,30?,31-,32-,33+,34+,35-,36-,37+,38-,39?,40+,41-,42+,43-,46+,47+,48+,50-,51+,52+,53+,54-;4-,5+,6+,7+/m00/s1. The highest BCUT2D eigenvalue weighted by Crippen LogP contribution is 2.77. The molecule has 6 unspecified atom stereocenters. The van der Waals surface area contributed by atoms with Crippen LogP contribution in [-0.4, -0.2) is 287 Å². The van der Waals surface area contributed by atoms with E-state index in [-0.39, 0.29) is 42.9 Å². The molecule has 17 N–H and O–H groups in total. The lowest BCUT2D eigenvalue weighted by molar-refractivity contribution is -0.387. The van der Waals surface area contributed by atoms with Crippen LogP contribution in [0.15, 0.2) is 11.6 Å². The Labute approximate surface area is 523 Å².